The van der Waals surface area contributed by atoms with Crippen LogP contribution in [0.5, 0.6) is 11.6 Å². The molecule has 1 aliphatic heterocycles. The van der Waals surface area contributed by atoms with E-state index in [1.807, 2.05) is 41.0 Å². The Labute approximate surface area is 172 Å². The highest BCUT2D eigenvalue weighted by atomic mass is 19.2. The Morgan fingerprint density at radius 3 is 2.37 bits per heavy atom. The van der Waals surface area contributed by atoms with Crippen LogP contribution in [0.1, 0.15) is 15.9 Å². The van der Waals surface area contributed by atoms with E-state index in [0.717, 1.165) is 17.7 Å². The molecule has 1 aromatic heterocycles. The SMILES string of the molecule is Cc1ccc(C(=O)N2CCN(c3cc(Oc4ccc(F)c(F)c4)ncn3)CC2)cc1. The summed E-state index contributed by atoms with van der Waals surface area (Å²) in [6.45, 7) is 4.34. The highest BCUT2D eigenvalue weighted by Crippen LogP contribution is 2.24. The van der Waals surface area contributed by atoms with Crippen molar-refractivity contribution in [1.29, 1.82) is 0 Å². The van der Waals surface area contributed by atoms with Crippen LogP contribution in [0.15, 0.2) is 54.9 Å². The molecule has 0 spiro atoms. The molecule has 2 heterocycles. The molecule has 0 unspecified atom stereocenters. The molecule has 1 amide bonds. The number of piperazine rings is 1. The van der Waals surface area contributed by atoms with E-state index in [2.05, 4.69) is 9.97 Å². The zero-order valence-corrected chi connectivity index (χ0v) is 16.4. The van der Waals surface area contributed by atoms with Gasteiger partial charge in [0, 0.05) is 43.9 Å². The van der Waals surface area contributed by atoms with Gasteiger partial charge in [0.15, 0.2) is 11.6 Å². The van der Waals surface area contributed by atoms with Gasteiger partial charge in [-0.05, 0) is 31.2 Å². The van der Waals surface area contributed by atoms with Gasteiger partial charge < -0.3 is 14.5 Å². The minimum atomic E-state index is -0.990. The first kappa shape index (κ1) is 19.8. The van der Waals surface area contributed by atoms with E-state index < -0.39 is 11.6 Å². The molecule has 0 radical (unpaired) electrons. The van der Waals surface area contributed by atoms with Gasteiger partial charge in [-0.15, -0.1) is 0 Å². The number of nitrogens with zero attached hydrogens (tertiary/aromatic N) is 4. The summed E-state index contributed by atoms with van der Waals surface area (Å²) in [4.78, 5) is 24.8. The first-order chi connectivity index (χ1) is 14.5. The second-order valence-corrected chi connectivity index (χ2v) is 7.04. The molecule has 0 atom stereocenters. The van der Waals surface area contributed by atoms with Gasteiger partial charge in [0.05, 0.1) is 0 Å². The van der Waals surface area contributed by atoms with Crippen molar-refractivity contribution in [2.75, 3.05) is 31.1 Å². The minimum Gasteiger partial charge on any atom is -0.439 e. The van der Waals surface area contributed by atoms with Crippen LogP contribution in [0.25, 0.3) is 0 Å². The Bertz CT molecular complexity index is 1050. The van der Waals surface area contributed by atoms with Crippen molar-refractivity contribution in [3.63, 3.8) is 0 Å². The highest BCUT2D eigenvalue weighted by Gasteiger charge is 2.23. The Balaban J connectivity index is 1.40. The standard InChI is InChI=1S/C22H20F2N4O2/c1-15-2-4-16(5-3-15)22(29)28-10-8-27(9-11-28)20-13-21(26-14-25-20)30-17-6-7-18(23)19(24)12-17/h2-7,12-14H,8-11H2,1H3. The third-order valence-electron chi connectivity index (χ3n) is 4.93. The second-order valence-electron chi connectivity index (χ2n) is 7.04. The molecule has 4 rings (SSSR count). The fourth-order valence-electron chi connectivity index (χ4n) is 3.24. The number of benzene rings is 2. The quantitative estimate of drug-likeness (QED) is 0.655. The molecular weight excluding hydrogens is 390 g/mol. The maximum Gasteiger partial charge on any atom is 0.253 e. The Morgan fingerprint density at radius 1 is 0.933 bits per heavy atom. The van der Waals surface area contributed by atoms with Crippen LogP contribution in [0.4, 0.5) is 14.6 Å². The minimum absolute atomic E-state index is 0.0136. The summed E-state index contributed by atoms with van der Waals surface area (Å²) in [5.74, 6) is -0.902. The van der Waals surface area contributed by atoms with Gasteiger partial charge >= 0.3 is 0 Å². The van der Waals surface area contributed by atoms with Crippen molar-refractivity contribution in [1.82, 2.24) is 14.9 Å². The van der Waals surface area contributed by atoms with Gasteiger partial charge in [0.1, 0.15) is 17.9 Å². The topological polar surface area (TPSA) is 58.6 Å². The molecule has 8 heteroatoms. The van der Waals surface area contributed by atoms with E-state index in [9.17, 15) is 13.6 Å². The Hall–Kier alpha value is -3.55. The molecule has 0 N–H and O–H groups in total. The lowest BCUT2D eigenvalue weighted by Crippen LogP contribution is -2.49. The van der Waals surface area contributed by atoms with Crippen LogP contribution < -0.4 is 9.64 Å². The molecule has 3 aromatic rings. The van der Waals surface area contributed by atoms with Crippen LogP contribution in [-0.2, 0) is 0 Å². The van der Waals surface area contributed by atoms with Crippen molar-refractivity contribution in [2.24, 2.45) is 0 Å². The van der Waals surface area contributed by atoms with Crippen molar-refractivity contribution < 1.29 is 18.3 Å². The summed E-state index contributed by atoms with van der Waals surface area (Å²) in [5, 5.41) is 0. The van der Waals surface area contributed by atoms with E-state index in [-0.39, 0.29) is 17.5 Å². The van der Waals surface area contributed by atoms with Crippen molar-refractivity contribution in [3.05, 3.63) is 77.6 Å². The van der Waals surface area contributed by atoms with Gasteiger partial charge in [-0.3, -0.25) is 4.79 Å². The highest BCUT2D eigenvalue weighted by molar-refractivity contribution is 5.94. The molecule has 1 aliphatic rings. The number of hydrogen-bond acceptors (Lipinski definition) is 5. The fourth-order valence-corrected chi connectivity index (χ4v) is 3.24. The van der Waals surface area contributed by atoms with Gasteiger partial charge in [0.25, 0.3) is 5.91 Å². The normalized spacial score (nSPS) is 14.0. The fraction of sp³-hybridized carbons (Fsp3) is 0.227. The lowest BCUT2D eigenvalue weighted by molar-refractivity contribution is 0.0746. The monoisotopic (exact) mass is 410 g/mol. The van der Waals surface area contributed by atoms with Gasteiger partial charge in [-0.1, -0.05) is 17.7 Å². The molecule has 154 valence electrons. The number of amides is 1. The number of anilines is 1. The summed E-state index contributed by atoms with van der Waals surface area (Å²) < 4.78 is 32.0. The summed E-state index contributed by atoms with van der Waals surface area (Å²) in [6, 6.07) is 12.5. The van der Waals surface area contributed by atoms with E-state index in [1.54, 1.807) is 6.07 Å². The summed E-state index contributed by atoms with van der Waals surface area (Å²) in [7, 11) is 0. The number of carbonyl (C=O) groups is 1. The molecule has 0 saturated carbocycles. The van der Waals surface area contributed by atoms with Gasteiger partial charge in [-0.2, -0.15) is 0 Å². The second kappa shape index (κ2) is 8.44. The summed E-state index contributed by atoms with van der Waals surface area (Å²) >= 11 is 0. The molecule has 30 heavy (non-hydrogen) atoms. The Kier molecular flexibility index (Phi) is 5.56. The lowest BCUT2D eigenvalue weighted by Gasteiger charge is -2.35. The van der Waals surface area contributed by atoms with Crippen LogP contribution in [0, 0.1) is 18.6 Å². The van der Waals surface area contributed by atoms with E-state index in [1.165, 1.54) is 12.4 Å². The molecule has 2 aromatic carbocycles. The summed E-state index contributed by atoms with van der Waals surface area (Å²) in [5.41, 5.74) is 1.79. The third kappa shape index (κ3) is 4.37. The first-order valence-electron chi connectivity index (χ1n) is 9.55. The van der Waals surface area contributed by atoms with Crippen LogP contribution in [0.2, 0.25) is 0 Å². The molecule has 1 saturated heterocycles. The molecular formula is C22H20F2N4O2. The van der Waals surface area contributed by atoms with Crippen molar-refractivity contribution in [3.8, 4) is 11.6 Å². The van der Waals surface area contributed by atoms with Crippen LogP contribution in [0.3, 0.4) is 0 Å². The van der Waals surface area contributed by atoms with E-state index >= 15 is 0 Å². The van der Waals surface area contributed by atoms with Gasteiger partial charge in [-0.25, -0.2) is 18.7 Å². The number of carbonyl (C=O) groups excluding carboxylic acids is 1. The maximum atomic E-state index is 13.4. The van der Waals surface area contributed by atoms with E-state index in [0.29, 0.717) is 37.6 Å². The number of ether oxygens (including phenoxy) is 1. The lowest BCUT2D eigenvalue weighted by atomic mass is 10.1. The average molecular weight is 410 g/mol. The van der Waals surface area contributed by atoms with Gasteiger partial charge in [0.2, 0.25) is 5.88 Å². The molecule has 0 aliphatic carbocycles. The molecule has 6 nitrogen and oxygen atoms in total. The van der Waals surface area contributed by atoms with Crippen molar-refractivity contribution >= 4 is 11.7 Å². The van der Waals surface area contributed by atoms with E-state index in [4.69, 9.17) is 4.74 Å². The number of hydrogen-bond donors (Lipinski definition) is 0. The Morgan fingerprint density at radius 2 is 1.67 bits per heavy atom. The predicted molar refractivity (Wildman–Crippen MR) is 108 cm³/mol. The summed E-state index contributed by atoms with van der Waals surface area (Å²) in [6.07, 6.45) is 1.36. The smallest absolute Gasteiger partial charge is 0.253 e. The molecule has 0 bridgehead atoms. The maximum absolute atomic E-state index is 13.4. The number of rotatable bonds is 4. The number of aryl methyl sites for hydroxylation is 1. The first-order valence-corrected chi connectivity index (χ1v) is 9.55. The largest absolute Gasteiger partial charge is 0.439 e. The zero-order chi connectivity index (χ0) is 21.1. The van der Waals surface area contributed by atoms with Crippen LogP contribution in [-0.4, -0.2) is 47.0 Å². The molecule has 1 fully saturated rings. The van der Waals surface area contributed by atoms with Crippen molar-refractivity contribution in [2.45, 2.75) is 6.92 Å². The third-order valence-corrected chi connectivity index (χ3v) is 4.93. The predicted octanol–water partition coefficient (Wildman–Crippen LogP) is 3.82. The number of aromatic nitrogens is 2. The average Bonchev–Trinajstić information content (AvgIpc) is 2.77. The number of halogens is 2. The van der Waals surface area contributed by atoms with Crippen LogP contribution >= 0.6 is 0 Å². The zero-order valence-electron chi connectivity index (χ0n) is 16.4.